The summed E-state index contributed by atoms with van der Waals surface area (Å²) >= 11 is 0. The molecule has 1 aromatic rings. The maximum absolute atomic E-state index is 12.3. The number of carbonyl (C=O) groups is 1. The minimum absolute atomic E-state index is 0.251. The number of carboxylic acids is 1. The Morgan fingerprint density at radius 1 is 1.22 bits per heavy atom. The van der Waals surface area contributed by atoms with Crippen LogP contribution in [-0.4, -0.2) is 20.5 Å². The monoisotopic (exact) mass is 266 g/mol. The molecule has 1 atom stereocenters. The van der Waals surface area contributed by atoms with E-state index in [1.54, 1.807) is 24.3 Å². The van der Waals surface area contributed by atoms with Gasteiger partial charge in [-0.2, -0.15) is 0 Å². The smallest absolute Gasteiger partial charge is 0.335 e. The summed E-state index contributed by atoms with van der Waals surface area (Å²) < 4.78 is 12.3. The molecule has 0 spiro atoms. The Labute approximate surface area is 110 Å². The fourth-order valence-corrected chi connectivity index (χ4v) is 4.11. The van der Waals surface area contributed by atoms with Crippen LogP contribution in [-0.2, 0) is 16.6 Å². The van der Waals surface area contributed by atoms with Crippen LogP contribution in [0.3, 0.4) is 0 Å². The Hall–Kier alpha value is -1.16. The minimum Gasteiger partial charge on any atom is -0.478 e. The molecule has 1 unspecified atom stereocenters. The van der Waals surface area contributed by atoms with Crippen LogP contribution < -0.4 is 0 Å². The van der Waals surface area contributed by atoms with E-state index in [0.717, 1.165) is 25.7 Å². The van der Waals surface area contributed by atoms with E-state index < -0.39 is 16.8 Å². The van der Waals surface area contributed by atoms with Crippen molar-refractivity contribution in [1.82, 2.24) is 0 Å². The molecule has 0 saturated heterocycles. The summed E-state index contributed by atoms with van der Waals surface area (Å²) in [5.74, 6) is -0.570. The van der Waals surface area contributed by atoms with E-state index in [2.05, 4.69) is 0 Å². The molecule has 1 fully saturated rings. The molecule has 1 aliphatic carbocycles. The number of carboxylic acid groups (broad SMARTS) is 1. The molecule has 0 radical (unpaired) electrons. The van der Waals surface area contributed by atoms with Crippen molar-refractivity contribution in [1.29, 1.82) is 0 Å². The summed E-state index contributed by atoms with van der Waals surface area (Å²) in [7, 11) is -0.948. The highest BCUT2D eigenvalue weighted by molar-refractivity contribution is 7.84. The second-order valence-electron chi connectivity index (χ2n) is 4.75. The van der Waals surface area contributed by atoms with E-state index in [-0.39, 0.29) is 10.8 Å². The number of hydrogen-bond acceptors (Lipinski definition) is 2. The molecule has 1 aliphatic rings. The van der Waals surface area contributed by atoms with Crippen molar-refractivity contribution in [3.8, 4) is 0 Å². The maximum atomic E-state index is 12.3. The minimum atomic E-state index is -0.948. The zero-order chi connectivity index (χ0) is 13.0. The summed E-state index contributed by atoms with van der Waals surface area (Å²) in [4.78, 5) is 11.1. The van der Waals surface area contributed by atoms with Gasteiger partial charge in [0.05, 0.1) is 5.56 Å². The summed E-state index contributed by atoms with van der Waals surface area (Å²) in [5.41, 5.74) is 0.968. The van der Waals surface area contributed by atoms with Gasteiger partial charge in [-0.3, -0.25) is 4.21 Å². The van der Waals surface area contributed by atoms with Gasteiger partial charge in [0.1, 0.15) is 0 Å². The lowest BCUT2D eigenvalue weighted by atomic mass is 10.0. The summed E-state index contributed by atoms with van der Waals surface area (Å²) in [5, 5.41) is 9.34. The summed E-state index contributed by atoms with van der Waals surface area (Å²) in [6.45, 7) is 0. The average molecular weight is 266 g/mol. The summed E-state index contributed by atoms with van der Waals surface area (Å²) in [6, 6.07) is 6.86. The van der Waals surface area contributed by atoms with Crippen molar-refractivity contribution in [3.05, 3.63) is 35.4 Å². The average Bonchev–Trinajstić information content (AvgIpc) is 2.40. The molecule has 4 heteroatoms. The van der Waals surface area contributed by atoms with E-state index in [0.29, 0.717) is 11.3 Å². The van der Waals surface area contributed by atoms with Gasteiger partial charge in [-0.1, -0.05) is 37.5 Å². The van der Waals surface area contributed by atoms with Gasteiger partial charge in [-0.05, 0) is 24.5 Å². The second kappa shape index (κ2) is 6.14. The first kappa shape index (κ1) is 13.3. The Morgan fingerprint density at radius 2 is 1.89 bits per heavy atom. The molecule has 0 aromatic heterocycles. The van der Waals surface area contributed by atoms with Crippen LogP contribution in [0.2, 0.25) is 0 Å². The first-order chi connectivity index (χ1) is 8.68. The van der Waals surface area contributed by atoms with E-state index >= 15 is 0 Å². The number of benzene rings is 1. The van der Waals surface area contributed by atoms with Crippen LogP contribution in [0, 0.1) is 0 Å². The lowest BCUT2D eigenvalue weighted by Gasteiger charge is -2.21. The predicted molar refractivity (Wildman–Crippen MR) is 72.1 cm³/mol. The highest BCUT2D eigenvalue weighted by Gasteiger charge is 2.21. The highest BCUT2D eigenvalue weighted by Crippen LogP contribution is 2.24. The van der Waals surface area contributed by atoms with Crippen LogP contribution in [0.4, 0.5) is 0 Å². The second-order valence-corrected chi connectivity index (χ2v) is 6.46. The predicted octanol–water partition coefficient (Wildman–Crippen LogP) is 2.97. The molecule has 0 bridgehead atoms. The topological polar surface area (TPSA) is 54.4 Å². The van der Waals surface area contributed by atoms with E-state index in [9.17, 15) is 9.00 Å². The van der Waals surface area contributed by atoms with E-state index in [4.69, 9.17) is 5.11 Å². The van der Waals surface area contributed by atoms with Crippen LogP contribution in [0.15, 0.2) is 24.3 Å². The molecular formula is C14H18O3S. The van der Waals surface area contributed by atoms with Crippen LogP contribution in [0.1, 0.15) is 48.0 Å². The van der Waals surface area contributed by atoms with Crippen molar-refractivity contribution in [2.45, 2.75) is 43.1 Å². The van der Waals surface area contributed by atoms with Crippen LogP contribution >= 0.6 is 0 Å². The molecule has 0 heterocycles. The molecule has 2 rings (SSSR count). The Balaban J connectivity index is 2.08. The van der Waals surface area contributed by atoms with Gasteiger partial charge in [-0.15, -0.1) is 0 Å². The Morgan fingerprint density at radius 3 is 2.56 bits per heavy atom. The molecule has 1 N–H and O–H groups in total. The fraction of sp³-hybridized carbons (Fsp3) is 0.500. The molecule has 0 amide bonds. The van der Waals surface area contributed by atoms with Gasteiger partial charge in [0.15, 0.2) is 0 Å². The van der Waals surface area contributed by atoms with E-state index in [1.807, 2.05) is 0 Å². The third kappa shape index (κ3) is 3.19. The third-order valence-corrected chi connectivity index (χ3v) is 5.28. The molecule has 98 valence electrons. The fourth-order valence-electron chi connectivity index (χ4n) is 2.45. The van der Waals surface area contributed by atoms with Gasteiger partial charge in [0.2, 0.25) is 0 Å². The van der Waals surface area contributed by atoms with Gasteiger partial charge < -0.3 is 5.11 Å². The van der Waals surface area contributed by atoms with Gasteiger partial charge in [-0.25, -0.2) is 4.79 Å². The molecule has 0 aliphatic heterocycles. The first-order valence-corrected chi connectivity index (χ1v) is 7.75. The lowest BCUT2D eigenvalue weighted by molar-refractivity contribution is 0.0696. The van der Waals surface area contributed by atoms with Gasteiger partial charge in [0.25, 0.3) is 0 Å². The molecule has 1 saturated carbocycles. The van der Waals surface area contributed by atoms with Crippen molar-refractivity contribution in [3.63, 3.8) is 0 Å². The normalized spacial score (nSPS) is 18.4. The van der Waals surface area contributed by atoms with Crippen LogP contribution in [0.25, 0.3) is 0 Å². The van der Waals surface area contributed by atoms with Crippen LogP contribution in [0.5, 0.6) is 0 Å². The molecular weight excluding hydrogens is 248 g/mol. The SMILES string of the molecule is O=C(O)c1ccccc1CS(=O)C1CCCCC1. The van der Waals surface area contributed by atoms with Crippen molar-refractivity contribution in [2.75, 3.05) is 0 Å². The number of rotatable bonds is 4. The standard InChI is InChI=1S/C14H18O3S/c15-14(16)13-9-5-4-6-11(13)10-18(17)12-7-2-1-3-8-12/h4-6,9,12H,1-3,7-8,10H2,(H,15,16). The first-order valence-electron chi connectivity index (χ1n) is 6.37. The summed E-state index contributed by atoms with van der Waals surface area (Å²) in [6.07, 6.45) is 5.57. The molecule has 18 heavy (non-hydrogen) atoms. The number of hydrogen-bond donors (Lipinski definition) is 1. The van der Waals surface area contributed by atoms with Crippen molar-refractivity contribution >= 4 is 16.8 Å². The third-order valence-electron chi connectivity index (χ3n) is 3.47. The largest absolute Gasteiger partial charge is 0.478 e. The maximum Gasteiger partial charge on any atom is 0.335 e. The molecule has 1 aromatic carbocycles. The highest BCUT2D eigenvalue weighted by atomic mass is 32.2. The number of aromatic carboxylic acids is 1. The zero-order valence-electron chi connectivity index (χ0n) is 10.3. The van der Waals surface area contributed by atoms with E-state index in [1.165, 1.54) is 6.42 Å². The quantitative estimate of drug-likeness (QED) is 0.911. The zero-order valence-corrected chi connectivity index (χ0v) is 11.1. The molecule has 3 nitrogen and oxygen atoms in total. The van der Waals surface area contributed by atoms with Crippen molar-refractivity contribution < 1.29 is 14.1 Å². The Kier molecular flexibility index (Phi) is 4.53. The Bertz CT molecular complexity index is 450. The van der Waals surface area contributed by atoms with Crippen molar-refractivity contribution in [2.24, 2.45) is 0 Å². The van der Waals surface area contributed by atoms with Gasteiger partial charge >= 0.3 is 5.97 Å². The van der Waals surface area contributed by atoms with Gasteiger partial charge in [0, 0.05) is 21.8 Å². The lowest BCUT2D eigenvalue weighted by Crippen LogP contribution is -2.20.